The molecule has 1 aliphatic carbocycles. The second kappa shape index (κ2) is 3.31. The standard InChI is InChI=1S/C13H16FN/c14-11-5-3-4-10(8-11)13-7-2-1-6-12(9-13)15-13/h3-5,8,12,15H,1-2,6-7,9H2. The van der Waals surface area contributed by atoms with Crippen LogP contribution in [0.2, 0.25) is 0 Å². The minimum Gasteiger partial charge on any atom is -0.304 e. The maximum absolute atomic E-state index is 13.2. The molecule has 4 rings (SSSR count). The number of fused-ring (bicyclic) bond motifs is 3. The average molecular weight is 205 g/mol. The van der Waals surface area contributed by atoms with E-state index in [1.165, 1.54) is 31.7 Å². The fourth-order valence-corrected chi connectivity index (χ4v) is 3.09. The molecule has 0 radical (unpaired) electrons. The quantitative estimate of drug-likeness (QED) is 0.743. The Balaban J connectivity index is 1.93. The van der Waals surface area contributed by atoms with Crippen molar-refractivity contribution >= 4 is 0 Å². The molecule has 0 amide bonds. The summed E-state index contributed by atoms with van der Waals surface area (Å²) in [7, 11) is 0. The molecule has 2 saturated heterocycles. The molecular weight excluding hydrogens is 189 g/mol. The second-order valence-corrected chi connectivity index (χ2v) is 4.88. The molecule has 2 heterocycles. The number of halogens is 1. The van der Waals surface area contributed by atoms with Crippen LogP contribution in [0.4, 0.5) is 4.39 Å². The van der Waals surface area contributed by atoms with Gasteiger partial charge in [0.1, 0.15) is 5.82 Å². The fraction of sp³-hybridized carbons (Fsp3) is 0.538. The molecule has 1 aromatic rings. The van der Waals surface area contributed by atoms with Crippen LogP contribution in [0.3, 0.4) is 0 Å². The first kappa shape index (κ1) is 9.34. The predicted octanol–water partition coefficient (Wildman–Crippen LogP) is 2.96. The number of nitrogens with one attached hydrogen (secondary N) is 1. The third-order valence-corrected chi connectivity index (χ3v) is 3.86. The third-order valence-electron chi connectivity index (χ3n) is 3.86. The number of hydrogen-bond donors (Lipinski definition) is 1. The zero-order valence-electron chi connectivity index (χ0n) is 8.80. The molecule has 2 heteroatoms. The van der Waals surface area contributed by atoms with E-state index >= 15 is 0 Å². The molecule has 2 aliphatic heterocycles. The monoisotopic (exact) mass is 205 g/mol. The number of benzene rings is 1. The van der Waals surface area contributed by atoms with Crippen LogP contribution in [0.5, 0.6) is 0 Å². The Labute approximate surface area is 89.7 Å². The summed E-state index contributed by atoms with van der Waals surface area (Å²) in [6, 6.07) is 7.76. The summed E-state index contributed by atoms with van der Waals surface area (Å²) in [5.74, 6) is -0.114. The Kier molecular flexibility index (Phi) is 2.06. The van der Waals surface area contributed by atoms with Gasteiger partial charge >= 0.3 is 0 Å². The fourth-order valence-electron chi connectivity index (χ4n) is 3.09. The van der Waals surface area contributed by atoms with Gasteiger partial charge in [0.05, 0.1) is 0 Å². The van der Waals surface area contributed by atoms with Crippen molar-refractivity contribution in [2.24, 2.45) is 0 Å². The molecule has 0 spiro atoms. The summed E-state index contributed by atoms with van der Waals surface area (Å²) in [6.45, 7) is 0. The lowest BCUT2D eigenvalue weighted by Gasteiger charge is -2.48. The van der Waals surface area contributed by atoms with E-state index in [2.05, 4.69) is 11.4 Å². The molecule has 1 saturated carbocycles. The van der Waals surface area contributed by atoms with Gasteiger partial charge in [0.25, 0.3) is 0 Å². The van der Waals surface area contributed by atoms with E-state index in [4.69, 9.17) is 0 Å². The van der Waals surface area contributed by atoms with Crippen molar-refractivity contribution in [1.29, 1.82) is 0 Å². The first-order valence-corrected chi connectivity index (χ1v) is 5.82. The van der Waals surface area contributed by atoms with E-state index in [9.17, 15) is 4.39 Å². The highest BCUT2D eigenvalue weighted by Crippen LogP contribution is 2.44. The van der Waals surface area contributed by atoms with Gasteiger partial charge in [-0.2, -0.15) is 0 Å². The normalized spacial score (nSPS) is 34.3. The largest absolute Gasteiger partial charge is 0.304 e. The van der Waals surface area contributed by atoms with Crippen LogP contribution in [0.15, 0.2) is 24.3 Å². The van der Waals surface area contributed by atoms with Crippen LogP contribution < -0.4 is 5.32 Å². The molecular formula is C13H16FN. The van der Waals surface area contributed by atoms with Gasteiger partial charge in [0.2, 0.25) is 0 Å². The summed E-state index contributed by atoms with van der Waals surface area (Å²) >= 11 is 0. The SMILES string of the molecule is Fc1cccc(C23CCCCC(C2)N3)c1. The van der Waals surface area contributed by atoms with Gasteiger partial charge < -0.3 is 5.32 Å². The zero-order chi connectivity index (χ0) is 10.3. The molecule has 80 valence electrons. The Morgan fingerprint density at radius 3 is 3.00 bits per heavy atom. The van der Waals surface area contributed by atoms with Crippen molar-refractivity contribution in [3.8, 4) is 0 Å². The van der Waals surface area contributed by atoms with Crippen LogP contribution in [-0.4, -0.2) is 6.04 Å². The Bertz CT molecular complexity index is 363. The Morgan fingerprint density at radius 2 is 2.20 bits per heavy atom. The van der Waals surface area contributed by atoms with Gasteiger partial charge in [-0.1, -0.05) is 25.0 Å². The highest BCUT2D eigenvalue weighted by atomic mass is 19.1. The van der Waals surface area contributed by atoms with Crippen LogP contribution >= 0.6 is 0 Å². The van der Waals surface area contributed by atoms with Gasteiger partial charge in [-0.3, -0.25) is 0 Å². The molecule has 0 aromatic heterocycles. The minimum absolute atomic E-state index is 0.100. The van der Waals surface area contributed by atoms with E-state index in [1.54, 1.807) is 6.07 Å². The van der Waals surface area contributed by atoms with Gasteiger partial charge in [-0.25, -0.2) is 4.39 Å². The highest BCUT2D eigenvalue weighted by molar-refractivity contribution is 5.29. The Morgan fingerprint density at radius 1 is 1.33 bits per heavy atom. The van der Waals surface area contributed by atoms with Gasteiger partial charge in [0.15, 0.2) is 0 Å². The average Bonchev–Trinajstić information content (AvgIpc) is 2.49. The van der Waals surface area contributed by atoms with E-state index < -0.39 is 0 Å². The molecule has 1 nitrogen and oxygen atoms in total. The van der Waals surface area contributed by atoms with Crippen LogP contribution in [0, 0.1) is 5.82 Å². The van der Waals surface area contributed by atoms with Crippen molar-refractivity contribution in [2.45, 2.75) is 43.7 Å². The van der Waals surface area contributed by atoms with E-state index in [1.807, 2.05) is 6.07 Å². The van der Waals surface area contributed by atoms with Crippen molar-refractivity contribution in [1.82, 2.24) is 5.32 Å². The maximum Gasteiger partial charge on any atom is 0.123 e. The van der Waals surface area contributed by atoms with Gasteiger partial charge in [-0.15, -0.1) is 0 Å². The lowest BCUT2D eigenvalue weighted by molar-refractivity contribution is 0.138. The topological polar surface area (TPSA) is 12.0 Å². The lowest BCUT2D eigenvalue weighted by atomic mass is 9.75. The van der Waals surface area contributed by atoms with Crippen molar-refractivity contribution in [2.75, 3.05) is 0 Å². The molecule has 2 bridgehead atoms. The first-order valence-electron chi connectivity index (χ1n) is 5.82. The van der Waals surface area contributed by atoms with Gasteiger partial charge in [0, 0.05) is 11.6 Å². The van der Waals surface area contributed by atoms with Crippen LogP contribution in [0.25, 0.3) is 0 Å². The number of hydrogen-bond acceptors (Lipinski definition) is 1. The van der Waals surface area contributed by atoms with Crippen molar-refractivity contribution in [3.63, 3.8) is 0 Å². The molecule has 3 aliphatic rings. The summed E-state index contributed by atoms with van der Waals surface area (Å²) in [5, 5.41) is 3.63. The van der Waals surface area contributed by atoms with E-state index in [0.29, 0.717) is 6.04 Å². The molecule has 3 fully saturated rings. The summed E-state index contributed by atoms with van der Waals surface area (Å²) in [5.41, 5.74) is 1.24. The molecule has 2 unspecified atom stereocenters. The number of rotatable bonds is 1. The second-order valence-electron chi connectivity index (χ2n) is 4.88. The Hall–Kier alpha value is -0.890. The smallest absolute Gasteiger partial charge is 0.123 e. The highest BCUT2D eigenvalue weighted by Gasteiger charge is 2.45. The van der Waals surface area contributed by atoms with Gasteiger partial charge in [-0.05, 0) is 37.0 Å². The summed E-state index contributed by atoms with van der Waals surface area (Å²) in [4.78, 5) is 0. The predicted molar refractivity (Wildman–Crippen MR) is 58.1 cm³/mol. The molecule has 15 heavy (non-hydrogen) atoms. The summed E-state index contributed by atoms with van der Waals surface area (Å²) < 4.78 is 13.2. The maximum atomic E-state index is 13.2. The van der Waals surface area contributed by atoms with Crippen molar-refractivity contribution < 1.29 is 4.39 Å². The van der Waals surface area contributed by atoms with Crippen LogP contribution in [0.1, 0.15) is 37.7 Å². The minimum atomic E-state index is -0.114. The molecule has 2 atom stereocenters. The first-order chi connectivity index (χ1) is 7.28. The van der Waals surface area contributed by atoms with E-state index in [0.717, 1.165) is 12.0 Å². The zero-order valence-corrected chi connectivity index (χ0v) is 8.80. The van der Waals surface area contributed by atoms with Crippen LogP contribution in [-0.2, 0) is 5.54 Å². The molecule has 1 N–H and O–H groups in total. The van der Waals surface area contributed by atoms with E-state index in [-0.39, 0.29) is 11.4 Å². The lowest BCUT2D eigenvalue weighted by Crippen LogP contribution is -2.59. The van der Waals surface area contributed by atoms with Crippen molar-refractivity contribution in [3.05, 3.63) is 35.6 Å². The summed E-state index contributed by atoms with van der Waals surface area (Å²) in [6.07, 6.45) is 6.22. The molecule has 1 aromatic carbocycles. The third kappa shape index (κ3) is 1.48.